The van der Waals surface area contributed by atoms with Crippen LogP contribution in [0.1, 0.15) is 32.3 Å². The Balaban J connectivity index is 1.90. The van der Waals surface area contributed by atoms with Crippen LogP contribution in [-0.4, -0.2) is 16.7 Å². The van der Waals surface area contributed by atoms with Crippen molar-refractivity contribution >= 4 is 34.8 Å². The quantitative estimate of drug-likeness (QED) is 0.662. The largest absolute Gasteiger partial charge is 0.384 e. The first kappa shape index (κ1) is 21.2. The number of aromatic nitrogens is 1. The molecule has 1 aliphatic carbocycles. The van der Waals surface area contributed by atoms with Gasteiger partial charge < -0.3 is 11.1 Å². The average molecular weight is 464 g/mol. The number of hydrogen-bond donors (Lipinski definition) is 2. The molecule has 3 heterocycles. The summed E-state index contributed by atoms with van der Waals surface area (Å²) in [6.07, 6.45) is 1.98. The van der Waals surface area contributed by atoms with Crippen molar-refractivity contribution in [1.82, 2.24) is 4.98 Å². The second-order valence-corrected chi connectivity index (χ2v) is 9.64. The fourth-order valence-electron chi connectivity index (χ4n) is 5.15. The normalized spacial score (nSPS) is 23.4. The minimum absolute atomic E-state index is 0.0381. The molecule has 0 saturated heterocycles. The van der Waals surface area contributed by atoms with Gasteiger partial charge in [0, 0.05) is 35.1 Å². The summed E-state index contributed by atoms with van der Waals surface area (Å²) in [5.74, 6) is -1.17. The zero-order chi connectivity index (χ0) is 23.7. The van der Waals surface area contributed by atoms with Gasteiger partial charge in [-0.2, -0.15) is 5.26 Å². The fourth-order valence-corrected chi connectivity index (χ4v) is 5.26. The van der Waals surface area contributed by atoms with Crippen LogP contribution in [0.3, 0.4) is 0 Å². The van der Waals surface area contributed by atoms with Crippen LogP contribution < -0.4 is 16.0 Å². The number of carbonyl (C=O) groups is 2. The molecule has 1 atom stereocenters. The summed E-state index contributed by atoms with van der Waals surface area (Å²) in [7, 11) is 0. The summed E-state index contributed by atoms with van der Waals surface area (Å²) >= 11 is 6.01. The lowest BCUT2D eigenvalue weighted by atomic mass is 9.61. The molecule has 1 aromatic heterocycles. The van der Waals surface area contributed by atoms with E-state index in [2.05, 4.69) is 16.4 Å². The minimum atomic E-state index is -1.83. The van der Waals surface area contributed by atoms with Gasteiger partial charge in [0.2, 0.25) is 5.91 Å². The molecule has 166 valence electrons. The summed E-state index contributed by atoms with van der Waals surface area (Å²) in [4.78, 5) is 33.1. The molecule has 2 aliphatic heterocycles. The smallest absolute Gasteiger partial charge is 0.245 e. The molecule has 2 aromatic rings. The van der Waals surface area contributed by atoms with Crippen LogP contribution in [0, 0.1) is 22.6 Å². The Morgan fingerprint density at radius 1 is 1.24 bits per heavy atom. The number of ketones is 1. The van der Waals surface area contributed by atoms with Crippen molar-refractivity contribution in [3.05, 3.63) is 75.6 Å². The van der Waals surface area contributed by atoms with Gasteiger partial charge in [0.1, 0.15) is 28.9 Å². The molecule has 1 unspecified atom stereocenters. The second kappa shape index (κ2) is 6.90. The molecular formula is C24H19ClFN5O2. The van der Waals surface area contributed by atoms with Gasteiger partial charge in [0.05, 0.1) is 10.6 Å². The number of anilines is 2. The van der Waals surface area contributed by atoms with E-state index in [9.17, 15) is 19.2 Å². The molecular weight excluding hydrogens is 445 g/mol. The SMILES string of the molecule is CC1(C)CC(=O)C2=C(C1)N(c1ccc(Cl)cn1)C(N)=C(C#N)C21C(=O)Nc2ccc(F)cc21. The third-order valence-corrected chi connectivity index (χ3v) is 6.62. The van der Waals surface area contributed by atoms with Crippen LogP contribution in [0.5, 0.6) is 0 Å². The third kappa shape index (κ3) is 2.82. The predicted octanol–water partition coefficient (Wildman–Crippen LogP) is 3.92. The highest BCUT2D eigenvalue weighted by molar-refractivity contribution is 6.30. The standard InChI is InChI=1S/C24H19ClFN5O2/c1-23(2)8-17-20(18(32)9-23)24(14-7-13(26)4-5-16(14)30-22(24)33)15(10-27)21(28)31(17)19-6-3-12(25)11-29-19/h3-7,11H,8-9,28H2,1-2H3,(H,30,33). The lowest BCUT2D eigenvalue weighted by molar-refractivity contribution is -0.123. The van der Waals surface area contributed by atoms with Crippen LogP contribution in [-0.2, 0) is 15.0 Å². The number of rotatable bonds is 1. The van der Waals surface area contributed by atoms with E-state index in [-0.39, 0.29) is 34.7 Å². The number of hydrogen-bond acceptors (Lipinski definition) is 6. The van der Waals surface area contributed by atoms with E-state index in [0.29, 0.717) is 28.6 Å². The van der Waals surface area contributed by atoms with E-state index in [1.165, 1.54) is 24.4 Å². The Bertz CT molecular complexity index is 1360. The van der Waals surface area contributed by atoms with E-state index in [4.69, 9.17) is 17.3 Å². The molecule has 3 N–H and O–H groups in total. The maximum Gasteiger partial charge on any atom is 0.245 e. The monoisotopic (exact) mass is 463 g/mol. The summed E-state index contributed by atoms with van der Waals surface area (Å²) in [6.45, 7) is 3.88. The van der Waals surface area contributed by atoms with Gasteiger partial charge in [0.25, 0.3) is 0 Å². The van der Waals surface area contributed by atoms with Crippen LogP contribution in [0.2, 0.25) is 5.02 Å². The Morgan fingerprint density at radius 2 is 2.00 bits per heavy atom. The Kier molecular flexibility index (Phi) is 4.42. The maximum absolute atomic E-state index is 14.4. The summed E-state index contributed by atoms with van der Waals surface area (Å²) in [5.41, 5.74) is 5.27. The lowest BCUT2D eigenvalue weighted by Crippen LogP contribution is -2.52. The van der Waals surface area contributed by atoms with Crippen LogP contribution in [0.25, 0.3) is 0 Å². The molecule has 1 amide bonds. The number of pyridine rings is 1. The van der Waals surface area contributed by atoms with Crippen molar-refractivity contribution in [3.63, 3.8) is 0 Å². The van der Waals surface area contributed by atoms with Gasteiger partial charge in [0.15, 0.2) is 5.78 Å². The Labute approximate surface area is 194 Å². The highest BCUT2D eigenvalue weighted by Gasteiger charge is 2.61. The highest BCUT2D eigenvalue weighted by Crippen LogP contribution is 2.56. The zero-order valence-corrected chi connectivity index (χ0v) is 18.6. The predicted molar refractivity (Wildman–Crippen MR) is 120 cm³/mol. The Morgan fingerprint density at radius 3 is 2.67 bits per heavy atom. The van der Waals surface area contributed by atoms with Gasteiger partial charge in [-0.3, -0.25) is 14.5 Å². The first-order valence-corrected chi connectivity index (χ1v) is 10.7. The average Bonchev–Trinajstić information content (AvgIpc) is 3.00. The molecule has 1 aromatic carbocycles. The molecule has 7 nitrogen and oxygen atoms in total. The van der Waals surface area contributed by atoms with E-state index < -0.39 is 22.6 Å². The van der Waals surface area contributed by atoms with Crippen molar-refractivity contribution in [3.8, 4) is 6.07 Å². The van der Waals surface area contributed by atoms with Gasteiger partial charge >= 0.3 is 0 Å². The molecule has 9 heteroatoms. The molecule has 0 fully saturated rings. The van der Waals surface area contributed by atoms with Gasteiger partial charge in [-0.25, -0.2) is 9.37 Å². The number of carbonyl (C=O) groups excluding carboxylic acids is 2. The van der Waals surface area contributed by atoms with Crippen molar-refractivity contribution in [1.29, 1.82) is 5.26 Å². The molecule has 33 heavy (non-hydrogen) atoms. The number of Topliss-reactive ketones (excluding diaryl/α,β-unsaturated/α-hetero) is 1. The van der Waals surface area contributed by atoms with Crippen LogP contribution in [0.4, 0.5) is 15.9 Å². The summed E-state index contributed by atoms with van der Waals surface area (Å²) in [5, 5.41) is 13.4. The van der Waals surface area contributed by atoms with Crippen LogP contribution in [0.15, 0.2) is 59.2 Å². The van der Waals surface area contributed by atoms with Crippen LogP contribution >= 0.6 is 11.6 Å². The minimum Gasteiger partial charge on any atom is -0.384 e. The number of nitrogens with zero attached hydrogens (tertiary/aromatic N) is 3. The maximum atomic E-state index is 14.4. The number of fused-ring (bicyclic) bond motifs is 3. The molecule has 0 radical (unpaired) electrons. The van der Waals surface area contributed by atoms with Crippen molar-refractivity contribution in [2.24, 2.45) is 11.1 Å². The molecule has 3 aliphatic rings. The number of amides is 1. The molecule has 0 saturated carbocycles. The second-order valence-electron chi connectivity index (χ2n) is 9.20. The number of benzene rings is 1. The topological polar surface area (TPSA) is 112 Å². The zero-order valence-electron chi connectivity index (χ0n) is 17.9. The summed E-state index contributed by atoms with van der Waals surface area (Å²) < 4.78 is 14.4. The Hall–Kier alpha value is -3.70. The fraction of sp³-hybridized carbons (Fsp3) is 0.250. The lowest BCUT2D eigenvalue weighted by Gasteiger charge is -2.46. The van der Waals surface area contributed by atoms with E-state index in [0.717, 1.165) is 0 Å². The number of nitrogens with two attached hydrogens (primary N) is 1. The molecule has 0 bridgehead atoms. The van der Waals surface area contributed by atoms with E-state index >= 15 is 0 Å². The number of allylic oxidation sites excluding steroid dienone is 1. The number of nitriles is 1. The summed E-state index contributed by atoms with van der Waals surface area (Å²) in [6, 6.07) is 9.12. The van der Waals surface area contributed by atoms with E-state index in [1.54, 1.807) is 17.0 Å². The van der Waals surface area contributed by atoms with Gasteiger partial charge in [-0.05, 0) is 42.2 Å². The van der Waals surface area contributed by atoms with E-state index in [1.807, 2.05) is 13.8 Å². The van der Waals surface area contributed by atoms with Gasteiger partial charge in [-0.1, -0.05) is 25.4 Å². The third-order valence-electron chi connectivity index (χ3n) is 6.40. The van der Waals surface area contributed by atoms with Gasteiger partial charge in [-0.15, -0.1) is 0 Å². The first-order valence-electron chi connectivity index (χ1n) is 10.3. The van der Waals surface area contributed by atoms with Crippen molar-refractivity contribution in [2.45, 2.75) is 32.1 Å². The number of halogens is 2. The molecule has 5 rings (SSSR count). The van der Waals surface area contributed by atoms with Crippen molar-refractivity contribution in [2.75, 3.05) is 10.2 Å². The first-order chi connectivity index (χ1) is 15.6. The highest BCUT2D eigenvalue weighted by atomic mass is 35.5. The number of nitrogens with one attached hydrogen (secondary N) is 1. The molecule has 1 spiro atoms. The van der Waals surface area contributed by atoms with Crippen molar-refractivity contribution < 1.29 is 14.0 Å².